The Morgan fingerprint density at radius 2 is 1.69 bits per heavy atom. The lowest BCUT2D eigenvalue weighted by atomic mass is 9.70. The van der Waals surface area contributed by atoms with E-state index in [0.29, 0.717) is 26.2 Å². The van der Waals surface area contributed by atoms with E-state index in [1.54, 1.807) is 23.9 Å². The maximum Gasteiger partial charge on any atom is 0.247 e. The Balaban J connectivity index is 1.71. The van der Waals surface area contributed by atoms with Gasteiger partial charge in [-0.1, -0.05) is 76.1 Å². The second-order valence-corrected chi connectivity index (χ2v) is 16.6. The predicted molar refractivity (Wildman–Crippen MR) is 183 cm³/mol. The smallest absolute Gasteiger partial charge is 0.247 e. The third-order valence-electron chi connectivity index (χ3n) is 9.78. The number of carbonyl (C=O) groups is 3. The zero-order chi connectivity index (χ0) is 33.0. The van der Waals surface area contributed by atoms with Gasteiger partial charge in [0.15, 0.2) is 0 Å². The van der Waals surface area contributed by atoms with E-state index in [-0.39, 0.29) is 35.0 Å². The Kier molecular flexibility index (Phi) is 11.3. The van der Waals surface area contributed by atoms with E-state index < -0.39 is 28.2 Å². The van der Waals surface area contributed by atoms with Gasteiger partial charge in [-0.15, -0.1) is 24.9 Å². The summed E-state index contributed by atoms with van der Waals surface area (Å²) >= 11 is 1.74. The van der Waals surface area contributed by atoms with Crippen LogP contribution >= 0.6 is 11.8 Å². The molecular formula is C37H55N3O4S. The van der Waals surface area contributed by atoms with E-state index >= 15 is 0 Å². The number of fused-ring (bicyclic) bond motifs is 1. The number of likely N-dealkylation sites (tertiary alicyclic amines) is 1. The van der Waals surface area contributed by atoms with Crippen LogP contribution in [0, 0.1) is 17.3 Å². The minimum absolute atomic E-state index is 0.00647. The Bertz CT molecular complexity index is 1230. The number of unbranched alkanes of at least 4 members (excludes halogenated alkanes) is 3. The van der Waals surface area contributed by atoms with Crippen LogP contribution in [0.4, 0.5) is 0 Å². The van der Waals surface area contributed by atoms with Crippen molar-refractivity contribution in [2.24, 2.45) is 17.3 Å². The number of aliphatic hydroxyl groups is 1. The number of hydrogen-bond donors (Lipinski definition) is 1. The molecule has 1 aromatic rings. The average Bonchev–Trinajstić information content (AvgIpc) is 3.61. The Hall–Kier alpha value is -2.58. The molecule has 4 rings (SSSR count). The molecule has 1 N–H and O–H groups in total. The molecule has 2 bridgehead atoms. The third kappa shape index (κ3) is 7.38. The molecule has 5 atom stereocenters. The van der Waals surface area contributed by atoms with Gasteiger partial charge < -0.3 is 19.8 Å². The molecular weight excluding hydrogens is 582 g/mol. The Morgan fingerprint density at radius 3 is 2.31 bits per heavy atom. The van der Waals surface area contributed by atoms with Crippen LogP contribution in [0.1, 0.15) is 85.1 Å². The average molecular weight is 638 g/mol. The van der Waals surface area contributed by atoms with Gasteiger partial charge in [0.25, 0.3) is 0 Å². The molecule has 1 aromatic carbocycles. The van der Waals surface area contributed by atoms with Gasteiger partial charge in [0.2, 0.25) is 17.7 Å². The summed E-state index contributed by atoms with van der Waals surface area (Å²) in [5.74, 6) is -1.08. The van der Waals surface area contributed by atoms with Crippen molar-refractivity contribution in [3.63, 3.8) is 0 Å². The highest BCUT2D eigenvalue weighted by molar-refractivity contribution is 8.02. The second kappa shape index (κ2) is 14.5. The zero-order valence-corrected chi connectivity index (χ0v) is 29.0. The SMILES string of the molecule is C=CCN(Cc1ccccc1)C(=O)[C@@H]1[C@H]2C(=O)N(CCCCCCO)C(C(=O)N(CC=C)C(C)(C)CC(C)(C)C)C23CC[C@H]1S3. The number of benzene rings is 1. The van der Waals surface area contributed by atoms with E-state index in [9.17, 15) is 19.5 Å². The predicted octanol–water partition coefficient (Wildman–Crippen LogP) is 6.07. The van der Waals surface area contributed by atoms with Crippen molar-refractivity contribution in [2.75, 3.05) is 26.2 Å². The molecule has 248 valence electrons. The van der Waals surface area contributed by atoms with Crippen LogP contribution < -0.4 is 0 Å². The summed E-state index contributed by atoms with van der Waals surface area (Å²) in [6.45, 7) is 20.6. The second-order valence-electron chi connectivity index (χ2n) is 15.0. The molecule has 3 saturated heterocycles. The van der Waals surface area contributed by atoms with Crippen LogP contribution in [0.15, 0.2) is 55.6 Å². The van der Waals surface area contributed by atoms with Crippen molar-refractivity contribution in [1.29, 1.82) is 0 Å². The van der Waals surface area contributed by atoms with Crippen LogP contribution in [-0.2, 0) is 20.9 Å². The van der Waals surface area contributed by atoms with Gasteiger partial charge in [0.1, 0.15) is 6.04 Å². The van der Waals surface area contributed by atoms with Gasteiger partial charge in [-0.05, 0) is 56.9 Å². The molecule has 3 aliphatic heterocycles. The maximum absolute atomic E-state index is 15.0. The van der Waals surface area contributed by atoms with Crippen molar-refractivity contribution < 1.29 is 19.5 Å². The first-order chi connectivity index (χ1) is 21.3. The highest BCUT2D eigenvalue weighted by Crippen LogP contribution is 2.67. The molecule has 0 saturated carbocycles. The number of aliphatic hydroxyl groups excluding tert-OH is 1. The monoisotopic (exact) mass is 637 g/mol. The normalized spacial score (nSPS) is 25.7. The van der Waals surface area contributed by atoms with Crippen LogP contribution in [0.3, 0.4) is 0 Å². The number of amides is 3. The highest BCUT2D eigenvalue weighted by atomic mass is 32.2. The van der Waals surface area contributed by atoms with Crippen molar-refractivity contribution in [1.82, 2.24) is 14.7 Å². The molecule has 3 amide bonds. The fourth-order valence-electron chi connectivity index (χ4n) is 8.41. The summed E-state index contributed by atoms with van der Waals surface area (Å²) in [5, 5.41) is 9.28. The lowest BCUT2D eigenvalue weighted by Crippen LogP contribution is -2.60. The molecule has 0 aliphatic carbocycles. The van der Waals surface area contributed by atoms with Gasteiger partial charge in [-0.2, -0.15) is 0 Å². The Labute approximate surface area is 275 Å². The summed E-state index contributed by atoms with van der Waals surface area (Å²) in [4.78, 5) is 49.6. The van der Waals surface area contributed by atoms with Gasteiger partial charge in [-0.25, -0.2) is 0 Å². The molecule has 3 aliphatic rings. The fourth-order valence-corrected chi connectivity index (χ4v) is 10.6. The zero-order valence-electron chi connectivity index (χ0n) is 28.2. The standard InChI is InChI=1S/C37H55N3O4S/c1-8-21-38(25-27-17-13-12-14-18-27)32(42)29-28-19-20-37(45-28)30(29)33(43)39(23-15-10-11-16-24-41)31(37)34(44)40(22-9-2)36(6,7)26-35(3,4)5/h8-9,12-14,17-18,28-31,41H,1-2,10-11,15-16,19-26H2,3-7H3/t28-,29+,30+,31?,37?/m1/s1. The van der Waals surface area contributed by atoms with Gasteiger partial charge in [0.05, 0.1) is 16.6 Å². The number of rotatable bonds is 16. The molecule has 3 fully saturated rings. The lowest BCUT2D eigenvalue weighted by Gasteiger charge is -2.46. The van der Waals surface area contributed by atoms with Crippen molar-refractivity contribution in [3.8, 4) is 0 Å². The van der Waals surface area contributed by atoms with Crippen molar-refractivity contribution in [2.45, 2.75) is 108 Å². The van der Waals surface area contributed by atoms with Crippen LogP contribution in [0.25, 0.3) is 0 Å². The first kappa shape index (κ1) is 35.3. The van der Waals surface area contributed by atoms with Crippen molar-refractivity contribution in [3.05, 3.63) is 61.2 Å². The Morgan fingerprint density at radius 1 is 1.02 bits per heavy atom. The molecule has 2 unspecified atom stereocenters. The van der Waals surface area contributed by atoms with Crippen molar-refractivity contribution >= 4 is 29.5 Å². The summed E-state index contributed by atoms with van der Waals surface area (Å²) in [6, 6.07) is 9.31. The largest absolute Gasteiger partial charge is 0.396 e. The molecule has 7 nitrogen and oxygen atoms in total. The minimum atomic E-state index is -0.631. The summed E-state index contributed by atoms with van der Waals surface area (Å²) < 4.78 is -0.631. The van der Waals surface area contributed by atoms with Crippen LogP contribution in [0.2, 0.25) is 0 Å². The number of nitrogens with zero attached hydrogens (tertiary/aromatic N) is 3. The highest BCUT2D eigenvalue weighted by Gasteiger charge is 2.74. The molecule has 45 heavy (non-hydrogen) atoms. The quantitative estimate of drug-likeness (QED) is 0.176. The molecule has 1 spiro atoms. The van der Waals surface area contributed by atoms with E-state index in [4.69, 9.17) is 0 Å². The maximum atomic E-state index is 15.0. The van der Waals surface area contributed by atoms with Gasteiger partial charge >= 0.3 is 0 Å². The van der Waals surface area contributed by atoms with E-state index in [2.05, 4.69) is 47.8 Å². The summed E-state index contributed by atoms with van der Waals surface area (Å²) in [7, 11) is 0. The molecule has 3 heterocycles. The fraction of sp³-hybridized carbons (Fsp3) is 0.649. The minimum Gasteiger partial charge on any atom is -0.396 e. The van der Waals surface area contributed by atoms with E-state index in [1.165, 1.54) is 0 Å². The molecule has 0 radical (unpaired) electrons. The van der Waals surface area contributed by atoms with Gasteiger partial charge in [-0.3, -0.25) is 14.4 Å². The van der Waals surface area contributed by atoms with E-state index in [0.717, 1.165) is 50.5 Å². The lowest BCUT2D eigenvalue weighted by molar-refractivity contribution is -0.147. The van der Waals surface area contributed by atoms with Crippen LogP contribution in [-0.4, -0.2) is 85.3 Å². The number of thioether (sulfide) groups is 1. The molecule has 8 heteroatoms. The summed E-state index contributed by atoms with van der Waals surface area (Å²) in [6.07, 6.45) is 9.14. The van der Waals surface area contributed by atoms with Gasteiger partial charge in [0, 0.05) is 43.6 Å². The number of hydrogen-bond acceptors (Lipinski definition) is 5. The van der Waals surface area contributed by atoms with Crippen LogP contribution in [0.5, 0.6) is 0 Å². The third-order valence-corrected chi connectivity index (χ3v) is 11.7. The summed E-state index contributed by atoms with van der Waals surface area (Å²) in [5.41, 5.74) is 0.573. The molecule has 0 aromatic heterocycles. The topological polar surface area (TPSA) is 81.2 Å². The number of carbonyl (C=O) groups excluding carboxylic acids is 3. The first-order valence-electron chi connectivity index (χ1n) is 16.8. The first-order valence-corrected chi connectivity index (χ1v) is 17.6. The van der Waals surface area contributed by atoms with E-state index in [1.807, 2.05) is 45.0 Å².